The largest absolute Gasteiger partial charge is 0.489 e. The van der Waals surface area contributed by atoms with E-state index >= 15 is 0 Å². The van der Waals surface area contributed by atoms with E-state index in [9.17, 15) is 4.79 Å². The summed E-state index contributed by atoms with van der Waals surface area (Å²) in [6, 6.07) is 9.16. The fraction of sp³-hybridized carbons (Fsp3) is 0.300. The van der Waals surface area contributed by atoms with Crippen LogP contribution in [0.2, 0.25) is 5.02 Å². The highest BCUT2D eigenvalue weighted by Gasteiger charge is 2.18. The van der Waals surface area contributed by atoms with Gasteiger partial charge in [0.15, 0.2) is 0 Å². The molecule has 142 valence electrons. The number of hydrogen-bond acceptors (Lipinski definition) is 4. The van der Waals surface area contributed by atoms with E-state index in [-0.39, 0.29) is 5.91 Å². The number of thiophene rings is 1. The van der Waals surface area contributed by atoms with Gasteiger partial charge in [0.25, 0.3) is 5.91 Å². The Bertz CT molecular complexity index is 964. The molecule has 0 N–H and O–H groups in total. The van der Waals surface area contributed by atoms with Crippen LogP contribution in [0.5, 0.6) is 5.75 Å². The fourth-order valence-corrected chi connectivity index (χ4v) is 3.90. The van der Waals surface area contributed by atoms with Crippen molar-refractivity contribution in [1.29, 1.82) is 0 Å². The first-order chi connectivity index (χ1) is 12.8. The minimum atomic E-state index is -0.00309. The molecule has 0 aliphatic rings. The second-order valence-corrected chi connectivity index (χ2v) is 7.85. The third kappa shape index (κ3) is 4.51. The number of ether oxygens (including phenoxy) is 1. The molecule has 2 heterocycles. The highest BCUT2D eigenvalue weighted by Crippen LogP contribution is 2.22. The maximum absolute atomic E-state index is 12.8. The first-order valence-electron chi connectivity index (χ1n) is 8.55. The third-order valence-electron chi connectivity index (χ3n) is 4.47. The van der Waals surface area contributed by atoms with Crippen LogP contribution >= 0.6 is 22.9 Å². The molecule has 0 atom stereocenters. The highest BCUT2D eigenvalue weighted by molar-refractivity contribution is 7.12. The molecule has 0 fully saturated rings. The molecular weight excluding hydrogens is 382 g/mol. The molecule has 0 saturated heterocycles. The smallest absolute Gasteiger partial charge is 0.263 e. The van der Waals surface area contributed by atoms with Crippen molar-refractivity contribution in [3.05, 3.63) is 68.1 Å². The zero-order chi connectivity index (χ0) is 19.6. The van der Waals surface area contributed by atoms with E-state index in [0.717, 1.165) is 22.5 Å². The topological polar surface area (TPSA) is 47.4 Å². The minimum absolute atomic E-state index is 0.00309. The van der Waals surface area contributed by atoms with Crippen LogP contribution in [0.1, 0.15) is 32.2 Å². The van der Waals surface area contributed by atoms with Gasteiger partial charge in [0.2, 0.25) is 0 Å². The maximum atomic E-state index is 12.8. The van der Waals surface area contributed by atoms with E-state index in [4.69, 9.17) is 16.3 Å². The normalized spacial score (nSPS) is 10.9. The molecule has 1 aromatic carbocycles. The van der Waals surface area contributed by atoms with Crippen molar-refractivity contribution in [2.24, 2.45) is 7.05 Å². The van der Waals surface area contributed by atoms with Gasteiger partial charge in [0.1, 0.15) is 12.4 Å². The van der Waals surface area contributed by atoms with E-state index in [1.165, 1.54) is 11.3 Å². The summed E-state index contributed by atoms with van der Waals surface area (Å²) in [5, 5.41) is 7.00. The van der Waals surface area contributed by atoms with Gasteiger partial charge in [-0.15, -0.1) is 11.3 Å². The van der Waals surface area contributed by atoms with E-state index < -0.39 is 0 Å². The molecule has 1 amide bonds. The van der Waals surface area contributed by atoms with Crippen LogP contribution in [-0.4, -0.2) is 27.6 Å². The maximum Gasteiger partial charge on any atom is 0.263 e. The fourth-order valence-electron chi connectivity index (χ4n) is 2.83. The predicted octanol–water partition coefficient (Wildman–Crippen LogP) is 4.60. The molecular formula is C20H22ClN3O2S. The van der Waals surface area contributed by atoms with Gasteiger partial charge in [-0.25, -0.2) is 0 Å². The van der Waals surface area contributed by atoms with E-state index in [1.807, 2.05) is 56.2 Å². The van der Waals surface area contributed by atoms with Gasteiger partial charge in [-0.1, -0.05) is 17.7 Å². The number of carbonyl (C=O) groups is 1. The number of hydrogen-bond donors (Lipinski definition) is 0. The van der Waals surface area contributed by atoms with E-state index in [1.54, 1.807) is 17.0 Å². The van der Waals surface area contributed by atoms with Crippen molar-refractivity contribution in [3.63, 3.8) is 0 Å². The predicted molar refractivity (Wildman–Crippen MR) is 109 cm³/mol. The van der Waals surface area contributed by atoms with Gasteiger partial charge >= 0.3 is 0 Å². The molecule has 0 radical (unpaired) electrons. The van der Waals surface area contributed by atoms with Gasteiger partial charge in [-0.3, -0.25) is 9.48 Å². The van der Waals surface area contributed by atoms with Crippen molar-refractivity contribution >= 4 is 28.8 Å². The molecule has 3 aromatic rings. The lowest BCUT2D eigenvalue weighted by Gasteiger charge is -2.16. The van der Waals surface area contributed by atoms with Crippen molar-refractivity contribution in [1.82, 2.24) is 14.7 Å². The summed E-state index contributed by atoms with van der Waals surface area (Å²) in [5.74, 6) is 0.706. The van der Waals surface area contributed by atoms with Gasteiger partial charge in [-0.05, 0) is 43.5 Å². The molecule has 5 nitrogen and oxygen atoms in total. The van der Waals surface area contributed by atoms with Crippen molar-refractivity contribution < 1.29 is 9.53 Å². The average Bonchev–Trinajstić information content (AvgIpc) is 3.20. The van der Waals surface area contributed by atoms with Crippen molar-refractivity contribution in [3.8, 4) is 5.75 Å². The van der Waals surface area contributed by atoms with Crippen LogP contribution in [-0.2, 0) is 20.2 Å². The second kappa shape index (κ2) is 8.15. The van der Waals surface area contributed by atoms with Crippen LogP contribution in [0, 0.1) is 13.8 Å². The highest BCUT2D eigenvalue weighted by atomic mass is 35.5. The van der Waals surface area contributed by atoms with Gasteiger partial charge in [0.05, 0.1) is 10.6 Å². The van der Waals surface area contributed by atoms with Crippen LogP contribution in [0.25, 0.3) is 0 Å². The zero-order valence-electron chi connectivity index (χ0n) is 15.8. The lowest BCUT2D eigenvalue weighted by Crippen LogP contribution is -2.26. The molecule has 0 saturated carbocycles. The first-order valence-corrected chi connectivity index (χ1v) is 9.81. The Balaban J connectivity index is 1.63. The zero-order valence-corrected chi connectivity index (χ0v) is 17.4. The molecule has 3 rings (SSSR count). The van der Waals surface area contributed by atoms with Crippen molar-refractivity contribution in [2.45, 2.75) is 27.0 Å². The lowest BCUT2D eigenvalue weighted by molar-refractivity contribution is 0.0789. The molecule has 0 spiro atoms. The van der Waals surface area contributed by atoms with Crippen LogP contribution in [0.4, 0.5) is 0 Å². The summed E-state index contributed by atoms with van der Waals surface area (Å²) < 4.78 is 7.59. The Morgan fingerprint density at radius 3 is 2.78 bits per heavy atom. The summed E-state index contributed by atoms with van der Waals surface area (Å²) in [7, 11) is 3.73. The standard InChI is InChI=1S/C20H22ClN3O2S/c1-13-18(14(2)24(4)22-13)10-23(3)20(25)19-8-15(12-27-19)11-26-17-7-5-6-16(21)9-17/h5-9,12H,10-11H2,1-4H3. The van der Waals surface area contributed by atoms with Gasteiger partial charge in [-0.2, -0.15) is 5.10 Å². The number of benzene rings is 1. The SMILES string of the molecule is Cc1nn(C)c(C)c1CN(C)C(=O)c1cc(COc2cccc(Cl)c2)cs1. The Labute approximate surface area is 168 Å². The van der Waals surface area contributed by atoms with Crippen LogP contribution in [0.3, 0.4) is 0 Å². The lowest BCUT2D eigenvalue weighted by atomic mass is 10.2. The van der Waals surface area contributed by atoms with E-state index in [2.05, 4.69) is 5.10 Å². The van der Waals surface area contributed by atoms with Crippen LogP contribution in [0.15, 0.2) is 35.7 Å². The Kier molecular flexibility index (Phi) is 5.87. The average molecular weight is 404 g/mol. The summed E-state index contributed by atoms with van der Waals surface area (Å²) in [4.78, 5) is 15.2. The molecule has 0 aliphatic carbocycles. The molecule has 7 heteroatoms. The number of aryl methyl sites for hydroxylation is 2. The van der Waals surface area contributed by atoms with Crippen molar-refractivity contribution in [2.75, 3.05) is 7.05 Å². The number of aromatic nitrogens is 2. The van der Waals surface area contributed by atoms with Crippen LogP contribution < -0.4 is 4.74 Å². The first kappa shape index (κ1) is 19.5. The number of rotatable bonds is 6. The quantitative estimate of drug-likeness (QED) is 0.604. The molecule has 0 unspecified atom stereocenters. The monoisotopic (exact) mass is 403 g/mol. The molecule has 0 bridgehead atoms. The molecule has 2 aromatic heterocycles. The van der Waals surface area contributed by atoms with Gasteiger partial charge < -0.3 is 9.64 Å². The summed E-state index contributed by atoms with van der Waals surface area (Å²) in [5.41, 5.74) is 4.09. The number of nitrogens with zero attached hydrogens (tertiary/aromatic N) is 3. The second-order valence-electron chi connectivity index (χ2n) is 6.50. The Morgan fingerprint density at radius 2 is 2.11 bits per heavy atom. The Hall–Kier alpha value is -2.31. The molecule has 27 heavy (non-hydrogen) atoms. The van der Waals surface area contributed by atoms with E-state index in [0.29, 0.717) is 28.8 Å². The summed E-state index contributed by atoms with van der Waals surface area (Å²) in [6.07, 6.45) is 0. The minimum Gasteiger partial charge on any atom is -0.489 e. The summed E-state index contributed by atoms with van der Waals surface area (Å²) in [6.45, 7) is 4.92. The number of halogens is 1. The summed E-state index contributed by atoms with van der Waals surface area (Å²) >= 11 is 7.39. The number of amides is 1. The third-order valence-corrected chi connectivity index (χ3v) is 5.67. The molecule has 0 aliphatic heterocycles. The Morgan fingerprint density at radius 1 is 1.33 bits per heavy atom. The number of carbonyl (C=O) groups excluding carboxylic acids is 1. The van der Waals surface area contributed by atoms with Gasteiger partial charge in [0, 0.05) is 42.5 Å².